The van der Waals surface area contributed by atoms with E-state index in [0.29, 0.717) is 0 Å². The lowest BCUT2D eigenvalue weighted by Crippen LogP contribution is -1.96. The minimum atomic E-state index is -4.02. The molecule has 146 valence electrons. The van der Waals surface area contributed by atoms with Crippen LogP contribution in [0.25, 0.3) is 0 Å². The molecule has 0 heterocycles. The Labute approximate surface area is 156 Å². The van der Waals surface area contributed by atoms with E-state index in [-0.39, 0.29) is 4.90 Å². The van der Waals surface area contributed by atoms with E-state index in [1.165, 1.54) is 89.2 Å². The number of hydrogen-bond acceptors (Lipinski definition) is 2. The quantitative estimate of drug-likeness (QED) is 0.320. The van der Waals surface area contributed by atoms with E-state index in [4.69, 9.17) is 4.55 Å². The zero-order chi connectivity index (χ0) is 19.0. The van der Waals surface area contributed by atoms with Crippen molar-refractivity contribution in [2.24, 2.45) is 0 Å². The molecular formula is C21H38O3S. The third-order valence-electron chi connectivity index (χ3n) is 4.28. The zero-order valence-electron chi connectivity index (χ0n) is 16.5. The summed E-state index contributed by atoms with van der Waals surface area (Å²) in [6, 6.07) is 5.99. The predicted octanol–water partition coefficient (Wildman–Crippen LogP) is 6.95. The molecule has 1 aromatic rings. The lowest BCUT2D eigenvalue weighted by molar-refractivity contribution is 0.483. The van der Waals surface area contributed by atoms with Crippen LogP contribution < -0.4 is 0 Å². The van der Waals surface area contributed by atoms with Crippen molar-refractivity contribution in [2.45, 2.75) is 103 Å². The van der Waals surface area contributed by atoms with Crippen LogP contribution in [0.1, 0.15) is 96.5 Å². The van der Waals surface area contributed by atoms with Crippen LogP contribution in [-0.4, -0.2) is 13.0 Å². The lowest BCUT2D eigenvalue weighted by atomic mass is 10.1. The Morgan fingerprint density at radius 1 is 0.680 bits per heavy atom. The van der Waals surface area contributed by atoms with E-state index in [2.05, 4.69) is 13.8 Å². The van der Waals surface area contributed by atoms with Gasteiger partial charge in [-0.05, 0) is 19.1 Å². The molecule has 4 heteroatoms. The summed E-state index contributed by atoms with van der Waals surface area (Å²) >= 11 is 0. The number of unbranched alkanes of at least 4 members (excludes halogenated alkanes) is 11. The van der Waals surface area contributed by atoms with Crippen LogP contribution in [-0.2, 0) is 10.1 Å². The normalized spacial score (nSPS) is 11.0. The molecule has 0 saturated heterocycles. The van der Waals surface area contributed by atoms with Gasteiger partial charge in [-0.2, -0.15) is 8.42 Å². The molecular weight excluding hydrogens is 332 g/mol. The van der Waals surface area contributed by atoms with E-state index >= 15 is 0 Å². The van der Waals surface area contributed by atoms with Crippen molar-refractivity contribution in [1.29, 1.82) is 0 Å². The summed E-state index contributed by atoms with van der Waals surface area (Å²) in [5.41, 5.74) is 0.956. The van der Waals surface area contributed by atoms with Gasteiger partial charge < -0.3 is 0 Å². The van der Waals surface area contributed by atoms with Crippen molar-refractivity contribution in [3.8, 4) is 0 Å². The Balaban J connectivity index is 0.000000472. The Morgan fingerprint density at radius 2 is 1.00 bits per heavy atom. The zero-order valence-corrected chi connectivity index (χ0v) is 17.3. The Bertz CT molecular complexity index is 494. The number of rotatable bonds is 12. The third-order valence-corrected chi connectivity index (χ3v) is 5.14. The minimum Gasteiger partial charge on any atom is -0.282 e. The van der Waals surface area contributed by atoms with Crippen molar-refractivity contribution in [3.63, 3.8) is 0 Å². The first kappa shape index (κ1) is 24.1. The number of hydrogen-bond donors (Lipinski definition) is 1. The maximum absolute atomic E-state index is 10.5. The van der Waals surface area contributed by atoms with Crippen molar-refractivity contribution in [3.05, 3.63) is 29.8 Å². The molecule has 1 aromatic carbocycles. The highest BCUT2D eigenvalue weighted by Gasteiger charge is 2.06. The van der Waals surface area contributed by atoms with Crippen LogP contribution >= 0.6 is 0 Å². The topological polar surface area (TPSA) is 54.4 Å². The van der Waals surface area contributed by atoms with Crippen LogP contribution in [0.5, 0.6) is 0 Å². The highest BCUT2D eigenvalue weighted by molar-refractivity contribution is 7.85. The van der Waals surface area contributed by atoms with Gasteiger partial charge in [-0.3, -0.25) is 4.55 Å². The van der Waals surface area contributed by atoms with Crippen molar-refractivity contribution in [1.82, 2.24) is 0 Å². The van der Waals surface area contributed by atoms with Gasteiger partial charge in [0.25, 0.3) is 10.1 Å². The van der Waals surface area contributed by atoms with E-state index in [9.17, 15) is 8.42 Å². The summed E-state index contributed by atoms with van der Waals surface area (Å²) < 4.78 is 29.6. The largest absolute Gasteiger partial charge is 0.294 e. The van der Waals surface area contributed by atoms with E-state index in [0.717, 1.165) is 5.56 Å². The van der Waals surface area contributed by atoms with Crippen LogP contribution in [0.15, 0.2) is 29.2 Å². The molecule has 0 spiro atoms. The second kappa shape index (κ2) is 15.4. The first-order valence-electron chi connectivity index (χ1n) is 9.96. The SMILES string of the molecule is CCCCCCCCCCCCCC.Cc1ccc(S(=O)(=O)O)cc1. The van der Waals surface area contributed by atoms with Gasteiger partial charge in [0.1, 0.15) is 0 Å². The van der Waals surface area contributed by atoms with Gasteiger partial charge in [0.15, 0.2) is 0 Å². The average Bonchev–Trinajstić information content (AvgIpc) is 2.57. The van der Waals surface area contributed by atoms with Crippen molar-refractivity contribution >= 4 is 10.1 Å². The maximum atomic E-state index is 10.5. The highest BCUT2D eigenvalue weighted by atomic mass is 32.2. The van der Waals surface area contributed by atoms with Gasteiger partial charge in [0, 0.05) is 0 Å². The molecule has 1 rings (SSSR count). The molecule has 0 aliphatic heterocycles. The van der Waals surface area contributed by atoms with Crippen molar-refractivity contribution < 1.29 is 13.0 Å². The molecule has 3 nitrogen and oxygen atoms in total. The first-order valence-corrected chi connectivity index (χ1v) is 11.4. The molecule has 0 unspecified atom stereocenters. The Morgan fingerprint density at radius 3 is 1.28 bits per heavy atom. The van der Waals surface area contributed by atoms with E-state index in [1.807, 2.05) is 6.92 Å². The fourth-order valence-corrected chi connectivity index (χ4v) is 3.10. The van der Waals surface area contributed by atoms with Gasteiger partial charge in [0.05, 0.1) is 4.90 Å². The summed E-state index contributed by atoms with van der Waals surface area (Å²) in [4.78, 5) is -0.0666. The predicted molar refractivity (Wildman–Crippen MR) is 108 cm³/mol. The second-order valence-corrected chi connectivity index (χ2v) is 8.25. The molecule has 25 heavy (non-hydrogen) atoms. The molecule has 0 amide bonds. The van der Waals surface area contributed by atoms with Crippen LogP contribution in [0.2, 0.25) is 0 Å². The van der Waals surface area contributed by atoms with Gasteiger partial charge in [-0.1, -0.05) is 109 Å². The summed E-state index contributed by atoms with van der Waals surface area (Å²) in [6.45, 7) is 6.41. The number of aryl methyl sites for hydroxylation is 1. The lowest BCUT2D eigenvalue weighted by Gasteiger charge is -2.01. The molecule has 0 atom stereocenters. The fourth-order valence-electron chi connectivity index (χ4n) is 2.62. The smallest absolute Gasteiger partial charge is 0.282 e. The van der Waals surface area contributed by atoms with E-state index < -0.39 is 10.1 Å². The fraction of sp³-hybridized carbons (Fsp3) is 0.714. The molecule has 0 aliphatic carbocycles. The third kappa shape index (κ3) is 15.1. The first-order chi connectivity index (χ1) is 11.9. The second-order valence-electron chi connectivity index (χ2n) is 6.82. The number of benzene rings is 1. The van der Waals surface area contributed by atoms with E-state index in [1.54, 1.807) is 12.1 Å². The molecule has 0 bridgehead atoms. The minimum absolute atomic E-state index is 0.0666. The van der Waals surface area contributed by atoms with Gasteiger partial charge in [-0.15, -0.1) is 0 Å². The van der Waals surface area contributed by atoms with Gasteiger partial charge in [0.2, 0.25) is 0 Å². The summed E-state index contributed by atoms with van der Waals surface area (Å²) in [5.74, 6) is 0. The molecule has 0 aromatic heterocycles. The Hall–Kier alpha value is -0.870. The van der Waals surface area contributed by atoms with Crippen LogP contribution in [0, 0.1) is 6.92 Å². The van der Waals surface area contributed by atoms with Crippen LogP contribution in [0.3, 0.4) is 0 Å². The molecule has 0 fully saturated rings. The Kier molecular flexibility index (Phi) is 14.9. The monoisotopic (exact) mass is 370 g/mol. The average molecular weight is 371 g/mol. The van der Waals surface area contributed by atoms with Crippen LogP contribution in [0.4, 0.5) is 0 Å². The summed E-state index contributed by atoms with van der Waals surface area (Å²) in [7, 11) is -4.02. The summed E-state index contributed by atoms with van der Waals surface area (Å²) in [5, 5.41) is 0. The molecule has 1 N–H and O–H groups in total. The molecule has 0 aliphatic rings. The standard InChI is InChI=1S/C14H30.C7H8O3S/c1-3-5-7-9-11-13-14-12-10-8-6-4-2;1-6-2-4-7(5-3-6)11(8,9)10/h3-14H2,1-2H3;2-5H,1H3,(H,8,9,10). The molecule has 0 radical (unpaired) electrons. The maximum Gasteiger partial charge on any atom is 0.294 e. The van der Waals surface area contributed by atoms with Crippen molar-refractivity contribution in [2.75, 3.05) is 0 Å². The molecule has 0 saturated carbocycles. The van der Waals surface area contributed by atoms with Gasteiger partial charge in [-0.25, -0.2) is 0 Å². The van der Waals surface area contributed by atoms with Gasteiger partial charge >= 0.3 is 0 Å². The highest BCUT2D eigenvalue weighted by Crippen LogP contribution is 2.11. The summed E-state index contributed by atoms with van der Waals surface area (Å²) in [6.07, 6.45) is 17.4.